The van der Waals surface area contributed by atoms with Gasteiger partial charge in [-0.1, -0.05) is 19.9 Å². The molecule has 2 rings (SSSR count). The van der Waals surface area contributed by atoms with E-state index in [9.17, 15) is 4.79 Å². The molecule has 0 aliphatic carbocycles. The number of carbonyl (C=O) groups excluding carboxylic acids is 1. The molecule has 1 aromatic carbocycles. The zero-order valence-corrected chi connectivity index (χ0v) is 12.4. The number of ether oxygens (including phenoxy) is 1. The molecule has 0 saturated heterocycles. The Morgan fingerprint density at radius 1 is 1.40 bits per heavy atom. The number of aryl methyl sites for hydroxylation is 1. The van der Waals surface area contributed by atoms with Crippen LogP contribution in [-0.4, -0.2) is 22.1 Å². The number of carbonyl (C=O) groups is 1. The molecule has 1 unspecified atom stereocenters. The molecule has 0 fully saturated rings. The van der Waals surface area contributed by atoms with Crippen molar-refractivity contribution in [1.82, 2.24) is 9.55 Å². The van der Waals surface area contributed by atoms with Crippen LogP contribution in [0.3, 0.4) is 0 Å². The fraction of sp³-hybridized carbons (Fsp3) is 0.467. The smallest absolute Gasteiger partial charge is 0.328 e. The van der Waals surface area contributed by atoms with E-state index in [-0.39, 0.29) is 5.97 Å². The van der Waals surface area contributed by atoms with E-state index >= 15 is 0 Å². The van der Waals surface area contributed by atoms with Crippen molar-refractivity contribution in [2.24, 2.45) is 5.92 Å². The number of anilines is 1. The Morgan fingerprint density at radius 2 is 2.10 bits per heavy atom. The molecular weight excluding hydrogens is 254 g/mol. The van der Waals surface area contributed by atoms with Gasteiger partial charge < -0.3 is 15.0 Å². The lowest BCUT2D eigenvalue weighted by atomic mass is 10.2. The van der Waals surface area contributed by atoms with Crippen molar-refractivity contribution in [2.75, 3.05) is 12.3 Å². The number of hydrogen-bond acceptors (Lipinski definition) is 4. The lowest BCUT2D eigenvalue weighted by Gasteiger charge is -2.16. The summed E-state index contributed by atoms with van der Waals surface area (Å²) in [6.07, 6.45) is 0. The molecule has 108 valence electrons. The van der Waals surface area contributed by atoms with E-state index in [1.807, 2.05) is 44.4 Å². The maximum Gasteiger partial charge on any atom is 0.328 e. The minimum atomic E-state index is -0.416. The molecule has 0 saturated carbocycles. The molecule has 1 atom stereocenters. The molecule has 0 aliphatic rings. The molecular formula is C15H21N3O2. The summed E-state index contributed by atoms with van der Waals surface area (Å²) in [5.41, 5.74) is 8.13. The van der Waals surface area contributed by atoms with Crippen LogP contribution in [0.1, 0.15) is 32.6 Å². The first-order chi connectivity index (χ1) is 9.41. The number of imidazole rings is 1. The summed E-state index contributed by atoms with van der Waals surface area (Å²) in [6, 6.07) is 5.17. The molecule has 0 amide bonds. The topological polar surface area (TPSA) is 70.1 Å². The maximum atomic E-state index is 12.1. The highest BCUT2D eigenvalue weighted by Crippen LogP contribution is 2.25. The largest absolute Gasteiger partial charge is 0.464 e. The van der Waals surface area contributed by atoms with Gasteiger partial charge in [0.25, 0.3) is 0 Å². The average Bonchev–Trinajstić information content (AvgIpc) is 2.73. The van der Waals surface area contributed by atoms with Crippen molar-refractivity contribution >= 4 is 22.7 Å². The van der Waals surface area contributed by atoms with Gasteiger partial charge in [-0.3, -0.25) is 0 Å². The molecule has 5 heteroatoms. The van der Waals surface area contributed by atoms with E-state index in [0.29, 0.717) is 18.2 Å². The van der Waals surface area contributed by atoms with Gasteiger partial charge >= 0.3 is 5.97 Å². The molecule has 0 radical (unpaired) electrons. The number of esters is 1. The fourth-order valence-electron chi connectivity index (χ4n) is 2.22. The van der Waals surface area contributed by atoms with Crippen molar-refractivity contribution in [3.05, 3.63) is 24.0 Å². The number of fused-ring (bicyclic) bond motifs is 1. The van der Waals surface area contributed by atoms with E-state index in [1.54, 1.807) is 6.07 Å². The third-order valence-electron chi connectivity index (χ3n) is 3.22. The second-order valence-electron chi connectivity index (χ2n) is 5.44. The molecule has 1 heterocycles. The van der Waals surface area contributed by atoms with Crippen molar-refractivity contribution in [2.45, 2.75) is 33.7 Å². The fourth-order valence-corrected chi connectivity index (χ4v) is 2.22. The van der Waals surface area contributed by atoms with Gasteiger partial charge in [0, 0.05) is 0 Å². The predicted octanol–water partition coefficient (Wildman–Crippen LogP) is 2.69. The Labute approximate surface area is 118 Å². The van der Waals surface area contributed by atoms with Gasteiger partial charge in [0.15, 0.2) is 0 Å². The first-order valence-corrected chi connectivity index (χ1v) is 6.81. The highest BCUT2D eigenvalue weighted by atomic mass is 16.5. The highest BCUT2D eigenvalue weighted by Gasteiger charge is 2.21. The molecule has 0 spiro atoms. The molecule has 5 nitrogen and oxygen atoms in total. The van der Waals surface area contributed by atoms with Crippen LogP contribution in [0, 0.1) is 12.8 Å². The van der Waals surface area contributed by atoms with E-state index in [0.717, 1.165) is 16.9 Å². The molecule has 0 aliphatic heterocycles. The monoisotopic (exact) mass is 275 g/mol. The number of hydrogen-bond donors (Lipinski definition) is 1. The van der Waals surface area contributed by atoms with Crippen LogP contribution in [0.5, 0.6) is 0 Å². The van der Waals surface area contributed by atoms with Crippen LogP contribution < -0.4 is 5.73 Å². The number of nitrogens with zero attached hydrogens (tertiary/aromatic N) is 2. The number of rotatable bonds is 4. The van der Waals surface area contributed by atoms with Crippen LogP contribution in [-0.2, 0) is 9.53 Å². The highest BCUT2D eigenvalue weighted by molar-refractivity contribution is 5.89. The minimum absolute atomic E-state index is 0.247. The number of nitrogen functional groups attached to an aromatic ring is 1. The van der Waals surface area contributed by atoms with E-state index in [2.05, 4.69) is 4.98 Å². The van der Waals surface area contributed by atoms with E-state index < -0.39 is 6.04 Å². The summed E-state index contributed by atoms with van der Waals surface area (Å²) in [6.45, 7) is 8.13. The molecule has 0 bridgehead atoms. The van der Waals surface area contributed by atoms with Gasteiger partial charge in [-0.25, -0.2) is 9.78 Å². The minimum Gasteiger partial charge on any atom is -0.464 e. The van der Waals surface area contributed by atoms with Gasteiger partial charge in [-0.15, -0.1) is 0 Å². The molecule has 20 heavy (non-hydrogen) atoms. The van der Waals surface area contributed by atoms with Gasteiger partial charge in [0.05, 0.1) is 17.8 Å². The molecule has 2 aromatic rings. The normalized spacial score (nSPS) is 12.8. The summed E-state index contributed by atoms with van der Waals surface area (Å²) >= 11 is 0. The van der Waals surface area contributed by atoms with Crippen molar-refractivity contribution in [1.29, 1.82) is 0 Å². The van der Waals surface area contributed by atoms with Crippen molar-refractivity contribution in [3.8, 4) is 0 Å². The summed E-state index contributed by atoms with van der Waals surface area (Å²) in [4.78, 5) is 16.6. The van der Waals surface area contributed by atoms with Crippen LogP contribution >= 0.6 is 0 Å². The second-order valence-corrected chi connectivity index (χ2v) is 5.44. The molecule has 2 N–H and O–H groups in total. The Kier molecular flexibility index (Phi) is 3.97. The Morgan fingerprint density at radius 3 is 2.75 bits per heavy atom. The third-order valence-corrected chi connectivity index (χ3v) is 3.22. The number of aromatic nitrogens is 2. The molecule has 1 aromatic heterocycles. The summed E-state index contributed by atoms with van der Waals surface area (Å²) in [5, 5.41) is 0. The predicted molar refractivity (Wildman–Crippen MR) is 79.4 cm³/mol. The summed E-state index contributed by atoms with van der Waals surface area (Å²) in [5.74, 6) is 0.831. The van der Waals surface area contributed by atoms with Gasteiger partial charge in [0.2, 0.25) is 0 Å². The van der Waals surface area contributed by atoms with Crippen LogP contribution in [0.15, 0.2) is 18.2 Å². The van der Waals surface area contributed by atoms with Gasteiger partial charge in [-0.2, -0.15) is 0 Å². The Bertz CT molecular complexity index is 631. The van der Waals surface area contributed by atoms with E-state index in [4.69, 9.17) is 10.5 Å². The number of nitrogens with two attached hydrogens (primary N) is 1. The lowest BCUT2D eigenvalue weighted by molar-refractivity contribution is -0.148. The lowest BCUT2D eigenvalue weighted by Crippen LogP contribution is -2.21. The van der Waals surface area contributed by atoms with E-state index in [1.165, 1.54) is 0 Å². The first-order valence-electron chi connectivity index (χ1n) is 6.81. The first kappa shape index (κ1) is 14.4. The average molecular weight is 275 g/mol. The van der Waals surface area contributed by atoms with Crippen molar-refractivity contribution in [3.63, 3.8) is 0 Å². The summed E-state index contributed by atoms with van der Waals surface area (Å²) in [7, 11) is 0. The Balaban J connectivity index is 2.35. The number of para-hydroxylation sites is 1. The quantitative estimate of drug-likeness (QED) is 0.688. The van der Waals surface area contributed by atoms with Crippen LogP contribution in [0.2, 0.25) is 0 Å². The van der Waals surface area contributed by atoms with Crippen molar-refractivity contribution < 1.29 is 9.53 Å². The van der Waals surface area contributed by atoms with Gasteiger partial charge in [-0.05, 0) is 31.9 Å². The maximum absolute atomic E-state index is 12.1. The third kappa shape index (κ3) is 2.61. The Hall–Kier alpha value is -2.04. The van der Waals surface area contributed by atoms with Crippen LogP contribution in [0.4, 0.5) is 5.69 Å². The zero-order chi connectivity index (χ0) is 14.9. The number of benzene rings is 1. The van der Waals surface area contributed by atoms with Crippen LogP contribution in [0.25, 0.3) is 11.0 Å². The SMILES string of the molecule is Cc1nc2c(N)cccc2n1C(C)C(=O)OCC(C)C. The zero-order valence-electron chi connectivity index (χ0n) is 12.4. The van der Waals surface area contributed by atoms with Gasteiger partial charge in [0.1, 0.15) is 17.4 Å². The second kappa shape index (κ2) is 5.53. The standard InChI is InChI=1S/C15H21N3O2/c1-9(2)8-20-15(19)10(3)18-11(4)17-14-12(16)6-5-7-13(14)18/h5-7,9-10H,8,16H2,1-4H3. The summed E-state index contributed by atoms with van der Waals surface area (Å²) < 4.78 is 7.17.